The quantitative estimate of drug-likeness (QED) is 0.471. The fourth-order valence-corrected chi connectivity index (χ4v) is 2.57. The van der Waals surface area contributed by atoms with Crippen molar-refractivity contribution in [1.82, 2.24) is 5.32 Å². The smallest absolute Gasteiger partial charge is 0.305 e. The van der Waals surface area contributed by atoms with E-state index >= 15 is 0 Å². The van der Waals surface area contributed by atoms with E-state index in [1.54, 1.807) is 6.07 Å². The van der Waals surface area contributed by atoms with E-state index in [1.807, 2.05) is 0 Å². The number of nitro benzene ring substituents is 1. The second-order valence-electron chi connectivity index (χ2n) is 4.16. The monoisotopic (exact) mass is 322 g/mol. The zero-order valence-corrected chi connectivity index (χ0v) is 11.8. The van der Waals surface area contributed by atoms with E-state index < -0.39 is 22.0 Å². The van der Waals surface area contributed by atoms with Crippen molar-refractivity contribution < 1.29 is 19.6 Å². The van der Waals surface area contributed by atoms with Crippen molar-refractivity contribution in [3.05, 3.63) is 39.9 Å². The van der Waals surface area contributed by atoms with Gasteiger partial charge in [0.2, 0.25) is 5.91 Å². The van der Waals surface area contributed by atoms with Crippen LogP contribution in [-0.2, 0) is 9.59 Å². The number of amidine groups is 1. The van der Waals surface area contributed by atoms with Gasteiger partial charge in [0.1, 0.15) is 5.25 Å². The number of carbonyl (C=O) groups is 2. The highest BCUT2D eigenvalue weighted by molar-refractivity contribution is 8.15. The number of carboxylic acids is 1. The van der Waals surface area contributed by atoms with E-state index in [4.69, 9.17) is 5.11 Å². The third-order valence-electron chi connectivity index (χ3n) is 2.62. The van der Waals surface area contributed by atoms with Crippen molar-refractivity contribution >= 4 is 40.7 Å². The molecule has 1 amide bonds. The molecule has 0 saturated carbocycles. The Morgan fingerprint density at radius 3 is 2.91 bits per heavy atom. The summed E-state index contributed by atoms with van der Waals surface area (Å²) in [6.07, 6.45) is 0.881. The van der Waals surface area contributed by atoms with Crippen LogP contribution in [0.1, 0.15) is 12.0 Å². The maximum absolute atomic E-state index is 11.5. The molecule has 1 aliphatic rings. The lowest BCUT2D eigenvalue weighted by atomic mass is 10.2. The first-order valence-corrected chi connectivity index (χ1v) is 6.89. The number of carboxylic acid groups (broad SMARTS) is 1. The van der Waals surface area contributed by atoms with Gasteiger partial charge in [-0.1, -0.05) is 23.9 Å². The number of amides is 1. The lowest BCUT2D eigenvalue weighted by Crippen LogP contribution is -2.26. The van der Waals surface area contributed by atoms with Gasteiger partial charge >= 0.3 is 5.97 Å². The molecule has 0 aliphatic carbocycles. The zero-order chi connectivity index (χ0) is 16.1. The topological polar surface area (TPSA) is 134 Å². The molecule has 1 aliphatic heterocycles. The lowest BCUT2D eigenvalue weighted by Gasteiger charge is -1.97. The highest BCUT2D eigenvalue weighted by Crippen LogP contribution is 2.22. The molecule has 1 atom stereocenters. The predicted octanol–water partition coefficient (Wildman–Crippen LogP) is 0.991. The Hall–Kier alpha value is -2.75. The second kappa shape index (κ2) is 6.80. The summed E-state index contributed by atoms with van der Waals surface area (Å²) in [5.41, 5.74) is 0.159. The number of nitrogens with one attached hydrogen (secondary N) is 1. The molecular weight excluding hydrogens is 312 g/mol. The molecule has 1 saturated heterocycles. The largest absolute Gasteiger partial charge is 0.481 e. The number of nitrogens with zero attached hydrogens (tertiary/aromatic N) is 3. The number of thioether (sulfide) groups is 1. The van der Waals surface area contributed by atoms with Crippen LogP contribution in [0.5, 0.6) is 0 Å². The number of nitro groups is 1. The maximum Gasteiger partial charge on any atom is 0.305 e. The van der Waals surface area contributed by atoms with Crippen LogP contribution in [0, 0.1) is 10.1 Å². The second-order valence-corrected chi connectivity index (χ2v) is 5.35. The van der Waals surface area contributed by atoms with E-state index in [2.05, 4.69) is 15.5 Å². The summed E-state index contributed by atoms with van der Waals surface area (Å²) in [6.45, 7) is 0. The molecule has 1 aromatic carbocycles. The number of rotatable bonds is 5. The Labute approximate surface area is 128 Å². The fourth-order valence-electron chi connectivity index (χ4n) is 1.65. The lowest BCUT2D eigenvalue weighted by molar-refractivity contribution is -0.385. The van der Waals surface area contributed by atoms with Crippen molar-refractivity contribution in [2.75, 3.05) is 0 Å². The van der Waals surface area contributed by atoms with Gasteiger partial charge in [-0.05, 0) is 6.07 Å². The fraction of sp³-hybridized carbons (Fsp3) is 0.167. The van der Waals surface area contributed by atoms with Gasteiger partial charge in [0.25, 0.3) is 5.69 Å². The van der Waals surface area contributed by atoms with Gasteiger partial charge in [-0.15, -0.1) is 5.10 Å². The first-order valence-electron chi connectivity index (χ1n) is 6.01. The molecule has 0 spiro atoms. The summed E-state index contributed by atoms with van der Waals surface area (Å²) in [5.74, 6) is -1.54. The van der Waals surface area contributed by atoms with Crippen molar-refractivity contribution in [1.29, 1.82) is 0 Å². The van der Waals surface area contributed by atoms with Crippen LogP contribution in [0.25, 0.3) is 0 Å². The predicted molar refractivity (Wildman–Crippen MR) is 79.9 cm³/mol. The number of para-hydroxylation sites is 1. The molecule has 1 aromatic rings. The molecule has 2 N–H and O–H groups in total. The molecule has 22 heavy (non-hydrogen) atoms. The van der Waals surface area contributed by atoms with E-state index in [1.165, 1.54) is 24.4 Å². The SMILES string of the molecule is O=C(O)CC1S/C(=N/N=Cc2ccccc2[N+](=O)[O-])NC1=O. The van der Waals surface area contributed by atoms with E-state index in [9.17, 15) is 19.7 Å². The van der Waals surface area contributed by atoms with Crippen LogP contribution >= 0.6 is 11.8 Å². The van der Waals surface area contributed by atoms with Gasteiger partial charge in [-0.25, -0.2) is 0 Å². The minimum Gasteiger partial charge on any atom is -0.481 e. The minimum absolute atomic E-state index is 0.113. The van der Waals surface area contributed by atoms with E-state index in [0.717, 1.165) is 11.8 Å². The number of carbonyl (C=O) groups excluding carboxylic acids is 1. The molecule has 1 fully saturated rings. The highest BCUT2D eigenvalue weighted by atomic mass is 32.2. The summed E-state index contributed by atoms with van der Waals surface area (Å²) < 4.78 is 0. The highest BCUT2D eigenvalue weighted by Gasteiger charge is 2.32. The minimum atomic E-state index is -1.09. The van der Waals surface area contributed by atoms with Gasteiger partial charge in [-0.2, -0.15) is 5.10 Å². The molecule has 0 radical (unpaired) electrons. The van der Waals surface area contributed by atoms with Gasteiger partial charge in [-0.3, -0.25) is 19.7 Å². The van der Waals surface area contributed by atoms with Gasteiger partial charge in [0.05, 0.1) is 23.1 Å². The standard InChI is InChI=1S/C12H10N4O5S/c17-10(18)5-9-11(19)14-12(22-9)15-13-6-7-3-1-2-4-8(7)16(20)21/h1-4,6,9H,5H2,(H,17,18)(H,14,15,19). The van der Waals surface area contributed by atoms with Crippen molar-refractivity contribution in [2.24, 2.45) is 10.2 Å². The summed E-state index contributed by atoms with van der Waals surface area (Å²) in [5, 5.41) is 28.7. The van der Waals surface area contributed by atoms with E-state index in [0.29, 0.717) is 0 Å². The summed E-state index contributed by atoms with van der Waals surface area (Å²) in [6, 6.07) is 6.00. The first kappa shape index (κ1) is 15.6. The van der Waals surface area contributed by atoms with Crippen LogP contribution in [0.4, 0.5) is 5.69 Å². The summed E-state index contributed by atoms with van der Waals surface area (Å²) in [4.78, 5) is 32.3. The Morgan fingerprint density at radius 1 is 1.50 bits per heavy atom. The Bertz CT molecular complexity index is 688. The van der Waals surface area contributed by atoms with E-state index in [-0.39, 0.29) is 22.8 Å². The van der Waals surface area contributed by atoms with Crippen LogP contribution in [0.15, 0.2) is 34.5 Å². The normalized spacial score (nSPS) is 19.5. The van der Waals surface area contributed by atoms with Crippen molar-refractivity contribution in [2.45, 2.75) is 11.7 Å². The van der Waals surface area contributed by atoms with Crippen LogP contribution in [0.3, 0.4) is 0 Å². The van der Waals surface area contributed by atoms with Gasteiger partial charge < -0.3 is 10.4 Å². The van der Waals surface area contributed by atoms with Crippen LogP contribution in [-0.4, -0.2) is 38.5 Å². The summed E-state index contributed by atoms with van der Waals surface area (Å²) >= 11 is 0.954. The molecule has 9 nitrogen and oxygen atoms in total. The molecular formula is C12H10N4O5S. The number of aliphatic carboxylic acids is 1. The van der Waals surface area contributed by atoms with Crippen LogP contribution < -0.4 is 5.32 Å². The Morgan fingerprint density at radius 2 is 2.23 bits per heavy atom. The van der Waals surface area contributed by atoms with Crippen molar-refractivity contribution in [3.63, 3.8) is 0 Å². The third kappa shape index (κ3) is 3.88. The van der Waals surface area contributed by atoms with Gasteiger partial charge in [0, 0.05) is 6.07 Å². The molecule has 114 valence electrons. The van der Waals surface area contributed by atoms with Gasteiger partial charge in [0.15, 0.2) is 5.17 Å². The molecule has 1 unspecified atom stereocenters. The zero-order valence-electron chi connectivity index (χ0n) is 11.0. The molecule has 0 bridgehead atoms. The average molecular weight is 322 g/mol. The average Bonchev–Trinajstić information content (AvgIpc) is 2.78. The molecule has 0 aromatic heterocycles. The van der Waals surface area contributed by atoms with Crippen LogP contribution in [0.2, 0.25) is 0 Å². The summed E-state index contributed by atoms with van der Waals surface area (Å²) in [7, 11) is 0. The molecule has 2 rings (SSSR count). The Balaban J connectivity index is 2.08. The number of hydrogen-bond donors (Lipinski definition) is 2. The molecule has 10 heteroatoms. The van der Waals surface area contributed by atoms with Crippen molar-refractivity contribution in [3.8, 4) is 0 Å². The number of benzene rings is 1. The third-order valence-corrected chi connectivity index (χ3v) is 3.69. The molecule has 1 heterocycles. The first-order chi connectivity index (χ1) is 10.5. The number of hydrogen-bond acceptors (Lipinski definition) is 7. The maximum atomic E-state index is 11.5. The Kier molecular flexibility index (Phi) is 4.84.